The maximum absolute atomic E-state index is 14.0. The van der Waals surface area contributed by atoms with Gasteiger partial charge in [0.25, 0.3) is 0 Å². The van der Waals surface area contributed by atoms with Crippen molar-refractivity contribution in [2.24, 2.45) is 59.1 Å². The zero-order valence-corrected chi connectivity index (χ0v) is 63.7. The molecule has 0 aliphatic carbocycles. The highest BCUT2D eigenvalue weighted by molar-refractivity contribution is 5.86. The molecule has 13 atom stereocenters. The highest BCUT2D eigenvalue weighted by atomic mass is 16.5. The van der Waals surface area contributed by atoms with E-state index in [9.17, 15) is 28.1 Å². The van der Waals surface area contributed by atoms with E-state index in [1.165, 1.54) is 0 Å². The molecule has 13 unspecified atom stereocenters. The molecule has 20 nitrogen and oxygen atoms in total. The number of fused-ring (bicyclic) bond motifs is 15. The normalized spacial score (nSPS) is 48.3. The van der Waals surface area contributed by atoms with Crippen molar-refractivity contribution >= 4 is 28.9 Å². The van der Waals surface area contributed by atoms with Gasteiger partial charge in [0, 0.05) is 231 Å². The zero-order valence-electron chi connectivity index (χ0n) is 153. The SMILES string of the molecule is C.C.[2H]C([2H])([2H])Oc1cc2c(cc1OC([2H])([2H])[2H])C([2H])([2H])C([2H])([2H])N1C2([2H])CC(=O)C(C([2H])([2H])C([2H])(C([2H])([2H])[2H])C([2H])([2H])C)C1([2H])[2H].[2H]C([2H])([2H])Oc1cc2c(cc1OC([2H])([2H])[2H])C([2H])([2H])C([2H])([2H])N1C2([2H])CC(=O)C(CC(C)C)C1([2H])[2H].[2H]C([2H])([2H])Oc1cc2c(cc1OC([2H])([2H])[2H])C([2H])([2H])C([2H])([2H])N1CC(C([2H])([2H])C([2H])(C([2H])([2H])[2H])C([2H])([2H])C)C(=O)CC21[2H].[2H]C([2H])([2H])Oc1cc2c(cc1OC([2H])([2H])[2H])C1([2H])N(CC([2H])(C([2H])([2H])C([2H])(C([2H])([2H])[2H])C([2H])([2H])C)C(=O)C1([2H])[2H])C([2H])([2H])C2([2H])[2H].[2H]C([2H])([2H])Oc1cc2c(cc1OC([2H])([2H])[2H])C1([2H])N(CC([2H])(CC(C)C)C(=O)C1([2H])[2H])C([2H])([2H])C2([2H])[2H]. The Hall–Kier alpha value is -7.75. The summed E-state index contributed by atoms with van der Waals surface area (Å²) in [7, 11) is -32.3. The van der Waals surface area contributed by atoms with E-state index in [-0.39, 0.29) is 49.3 Å². The van der Waals surface area contributed by atoms with Crippen LogP contribution in [0.1, 0.15) is 375 Å². The molecule has 0 N–H and O–H groups in total. The fourth-order valence-electron chi connectivity index (χ4n) is 13.0. The van der Waals surface area contributed by atoms with Crippen LogP contribution in [-0.2, 0) is 55.8 Å². The summed E-state index contributed by atoms with van der Waals surface area (Å²) in [6.45, 7) is -30.6. The molecule has 120 heavy (non-hydrogen) atoms. The van der Waals surface area contributed by atoms with Crippen LogP contribution in [0.2, 0.25) is 0 Å². The first-order valence-corrected chi connectivity index (χ1v) is 35.4. The van der Waals surface area contributed by atoms with E-state index in [0.717, 1.165) is 18.2 Å². The van der Waals surface area contributed by atoms with Crippen molar-refractivity contribution in [2.45, 2.75) is 229 Å². The predicted octanol–water partition coefficient (Wildman–Crippen LogP) is 18.6. The van der Waals surface area contributed by atoms with E-state index in [0.29, 0.717) is 77.9 Å². The zero-order chi connectivity index (χ0) is 163. The number of Topliss-reactive ketones (excluding diaryl/α,β-unsaturated/α-hetero) is 5. The maximum atomic E-state index is 14.0. The van der Waals surface area contributed by atoms with Gasteiger partial charge in [-0.2, -0.15) is 0 Å². The number of benzene rings is 5. The maximum Gasteiger partial charge on any atom is 0.161 e. The lowest BCUT2D eigenvalue weighted by atomic mass is 9.79. The molecule has 10 aliphatic heterocycles. The molecule has 0 radical (unpaired) electrons. The van der Waals surface area contributed by atoms with Gasteiger partial charge in [0.05, 0.1) is 118 Å². The second-order valence-corrected chi connectivity index (χ2v) is 27.2. The summed E-state index contributed by atoms with van der Waals surface area (Å²) in [4.78, 5) is 68.7. The molecular weight excluding hydrogens is 1510 g/mol. The molecule has 0 saturated carbocycles. The molecule has 5 fully saturated rings. The number of carbonyl (C=O) groups excluding carboxylic acids is 5. The van der Waals surface area contributed by atoms with Gasteiger partial charge in [-0.25, -0.2) is 0 Å². The lowest BCUT2D eigenvalue weighted by molar-refractivity contribution is -0.130. The average Bonchev–Trinajstić information content (AvgIpc) is 0.648. The summed E-state index contributed by atoms with van der Waals surface area (Å²) in [6.07, 6.45) is -48.4. The monoisotopic (exact) mass is 1750 g/mol. The van der Waals surface area contributed by atoms with Crippen LogP contribution >= 0.6 is 0 Å². The van der Waals surface area contributed by atoms with Crippen LogP contribution < -0.4 is 47.4 Å². The highest BCUT2D eigenvalue weighted by Gasteiger charge is 2.45. The molecule has 5 saturated heterocycles. The standard InChI is InChI=1S/3C20H29NO3.2C19H27NO3.2CH4/c3*1-5-13(2)8-15-12-21-7-6-14-9-19(23-3)20(24-4)10-16(14)17(21)11-18(15)22;2*1-12(2)7-14-11-20-6-5-13-8-18(22-3)19(23-4)9-15(13)16(20)10-17(14)21;;/h3*9-10,13,15,17H,5-8,11-12H2,1-4H3;2*8-9,12,14,16H,5-7,10-11H2,1-4H3;2*1H4/i2D3,3D3,4D3,5D2,6D2,7D2,8D2,11D2,13D,15D,17D;2D3,3D3,4D3,5D2,6D2,7D2,8D2,12D2,13D,17D;2D3,3D3,4D3,5D2,6D2,7D2,8D2,13D,17D;3D3,4D3,5D2,6D2,10D2,14D,16D;3D3,4D3,5D2,6D2,11D2,16D;;. The predicted molar refractivity (Wildman–Crippen MR) is 478 cm³/mol. The van der Waals surface area contributed by atoms with Crippen LogP contribution in [-0.4, -0.2) is 189 Å². The molecule has 0 amide bonds. The van der Waals surface area contributed by atoms with Gasteiger partial charge < -0.3 is 47.4 Å². The van der Waals surface area contributed by atoms with Gasteiger partial charge in [-0.1, -0.05) is 103 Å². The summed E-state index contributed by atoms with van der Waals surface area (Å²) < 4.78 is 772. The largest absolute Gasteiger partial charge is 0.493 e. The van der Waals surface area contributed by atoms with Crippen molar-refractivity contribution in [1.29, 1.82) is 0 Å². The van der Waals surface area contributed by atoms with Crippen molar-refractivity contribution in [3.63, 3.8) is 0 Å². The third-order valence-electron chi connectivity index (χ3n) is 18.7. The molecule has 5 aromatic rings. The van der Waals surface area contributed by atoms with Crippen LogP contribution in [0.15, 0.2) is 60.7 Å². The van der Waals surface area contributed by atoms with Gasteiger partial charge in [-0.05, 0) is 210 Å². The van der Waals surface area contributed by atoms with E-state index in [4.69, 9.17) is 165 Å². The minimum absolute atomic E-state index is 0. The molecular formula is C100H149N5O15. The van der Waals surface area contributed by atoms with Crippen molar-refractivity contribution in [3.8, 4) is 57.5 Å². The number of piperidine rings is 5. The third kappa shape index (κ3) is 22.2. The van der Waals surface area contributed by atoms with Crippen LogP contribution in [0.25, 0.3) is 0 Å². The Labute approximate surface area is 845 Å². The number of methoxy groups -OCH3 is 10. The van der Waals surface area contributed by atoms with Gasteiger partial charge >= 0.3 is 0 Å². The summed E-state index contributed by atoms with van der Waals surface area (Å²) in [5, 5.41) is 0. The van der Waals surface area contributed by atoms with Crippen LogP contribution in [0.5, 0.6) is 57.5 Å². The molecule has 0 spiro atoms. The number of ether oxygens (including phenoxy) is 10. The quantitative estimate of drug-likeness (QED) is 0.0598. The lowest BCUT2D eigenvalue weighted by Gasteiger charge is -2.43. The molecule has 0 aromatic heterocycles. The smallest absolute Gasteiger partial charge is 0.161 e. The van der Waals surface area contributed by atoms with Crippen molar-refractivity contribution < 1.29 is 193 Å². The Morgan fingerprint density at radius 3 is 0.975 bits per heavy atom. The Bertz CT molecular complexity index is 8350. The van der Waals surface area contributed by atoms with E-state index < -0.39 is 478 Å². The van der Waals surface area contributed by atoms with Crippen molar-refractivity contribution in [3.05, 3.63) is 116 Å². The second kappa shape index (κ2) is 44.0. The second-order valence-electron chi connectivity index (χ2n) is 27.2. The van der Waals surface area contributed by atoms with Crippen molar-refractivity contribution in [1.82, 2.24) is 24.5 Å². The number of aryl methyl sites for hydroxylation is 5. The van der Waals surface area contributed by atoms with E-state index in [1.54, 1.807) is 27.7 Å². The fraction of sp³-hybridized carbons (Fsp3) is 0.650. The van der Waals surface area contributed by atoms with Gasteiger partial charge in [0.15, 0.2) is 57.5 Å². The number of ketones is 5. The first kappa shape index (κ1) is 31.7. The fourth-order valence-corrected chi connectivity index (χ4v) is 13.0. The van der Waals surface area contributed by atoms with Crippen molar-refractivity contribution in [2.75, 3.05) is 135 Å². The minimum atomic E-state index is -4.20. The summed E-state index contributed by atoms with van der Waals surface area (Å²) in [5.74, 6) is -40.2. The number of nitrogens with zero attached hydrogens (tertiary/aromatic N) is 5. The molecule has 10 heterocycles. The molecule has 0 bridgehead atoms. The van der Waals surface area contributed by atoms with Crippen LogP contribution in [0.3, 0.4) is 0 Å². The van der Waals surface area contributed by atoms with Gasteiger partial charge in [0.2, 0.25) is 0 Å². The molecule has 664 valence electrons. The topological polar surface area (TPSA) is 194 Å². The van der Waals surface area contributed by atoms with E-state index in [2.05, 4.69) is 0 Å². The number of hydrogen-bond acceptors (Lipinski definition) is 20. The number of carbonyl (C=O) groups is 5. The first-order valence-electron chi connectivity index (χ1n) is 79.9. The van der Waals surface area contributed by atoms with E-state index >= 15 is 0 Å². The summed E-state index contributed by atoms with van der Waals surface area (Å²) in [5.41, 5.74) is -7.34. The Morgan fingerprint density at radius 1 is 0.358 bits per heavy atom. The summed E-state index contributed by atoms with van der Waals surface area (Å²) >= 11 is 0. The Kier molecular flexibility index (Phi) is 11.6. The third-order valence-corrected chi connectivity index (χ3v) is 18.7. The number of rotatable bonds is 23. The lowest BCUT2D eigenvalue weighted by Crippen LogP contribution is -2.46. The molecule has 20 heteroatoms. The van der Waals surface area contributed by atoms with E-state index in [1.807, 2.05) is 0 Å². The highest BCUT2D eigenvalue weighted by Crippen LogP contribution is 2.49. The average molecular weight is 1750 g/mol. The number of hydrogen-bond donors (Lipinski definition) is 0. The summed E-state index contributed by atoms with van der Waals surface area (Å²) in [6, 6.07) is -8.41. The van der Waals surface area contributed by atoms with Gasteiger partial charge in [-0.15, -0.1) is 0 Å². The van der Waals surface area contributed by atoms with Crippen LogP contribution in [0, 0.1) is 59.1 Å². The molecule has 10 aliphatic rings. The van der Waals surface area contributed by atoms with Crippen LogP contribution in [0.4, 0.5) is 0 Å². The first-order chi connectivity index (χ1) is 90.4. The molecule has 15 rings (SSSR count). The minimum Gasteiger partial charge on any atom is -0.493 e. The Morgan fingerprint density at radius 2 is 0.633 bits per heavy atom. The van der Waals surface area contributed by atoms with Gasteiger partial charge in [0.1, 0.15) is 28.9 Å². The molecule has 5 aromatic carbocycles. The van der Waals surface area contributed by atoms with Gasteiger partial charge in [-0.3, -0.25) is 48.5 Å². The Balaban J connectivity index is 0.000000282.